The zero-order chi connectivity index (χ0) is 16.9. The lowest BCUT2D eigenvalue weighted by atomic mass is 10.2. The Morgan fingerprint density at radius 1 is 1.12 bits per heavy atom. The highest BCUT2D eigenvalue weighted by molar-refractivity contribution is 5.92. The largest absolute Gasteiger partial charge is 0.483 e. The van der Waals surface area contributed by atoms with Crippen LogP contribution in [0.25, 0.3) is 11.5 Å². The molecule has 3 rings (SSSR count). The van der Waals surface area contributed by atoms with Gasteiger partial charge < -0.3 is 14.5 Å². The number of ether oxygens (including phenoxy) is 1. The molecule has 0 aliphatic rings. The van der Waals surface area contributed by atoms with Crippen molar-refractivity contribution in [2.24, 2.45) is 0 Å². The molecule has 6 nitrogen and oxygen atoms in total. The molecule has 1 aromatic heterocycles. The highest BCUT2D eigenvalue weighted by Gasteiger charge is 2.09. The predicted octanol–water partition coefficient (Wildman–Crippen LogP) is 3.37. The first-order chi connectivity index (χ1) is 11.6. The molecule has 0 radical (unpaired) electrons. The summed E-state index contributed by atoms with van der Waals surface area (Å²) in [6, 6.07) is 14.8. The van der Waals surface area contributed by atoms with E-state index in [9.17, 15) is 4.79 Å². The van der Waals surface area contributed by atoms with E-state index in [4.69, 9.17) is 9.15 Å². The number of benzene rings is 2. The first-order valence-electron chi connectivity index (χ1n) is 7.50. The molecule has 0 fully saturated rings. The molecular weight excluding hydrogens is 306 g/mol. The number of rotatable bonds is 5. The van der Waals surface area contributed by atoms with E-state index >= 15 is 0 Å². The molecule has 0 saturated heterocycles. The van der Waals surface area contributed by atoms with Crippen LogP contribution < -0.4 is 10.1 Å². The normalized spacial score (nSPS) is 10.4. The number of nitrogens with zero attached hydrogens (tertiary/aromatic N) is 2. The molecule has 1 heterocycles. The van der Waals surface area contributed by atoms with Crippen molar-refractivity contribution >= 4 is 11.6 Å². The number of aryl methyl sites for hydroxylation is 2. The van der Waals surface area contributed by atoms with Crippen molar-refractivity contribution < 1.29 is 13.9 Å². The fourth-order valence-corrected chi connectivity index (χ4v) is 2.20. The van der Waals surface area contributed by atoms with Crippen molar-refractivity contribution in [1.29, 1.82) is 0 Å². The number of anilines is 1. The molecule has 0 spiro atoms. The van der Waals surface area contributed by atoms with E-state index in [-0.39, 0.29) is 12.5 Å². The first-order valence-corrected chi connectivity index (χ1v) is 7.50. The average molecular weight is 323 g/mol. The standard InChI is InChI=1S/C18H17N3O3/c1-12-6-3-4-9-16(12)23-11-17(22)19-15-8-5-7-14(10-15)18-21-20-13(2)24-18/h3-10H,11H2,1-2H3,(H,19,22). The number of carbonyl (C=O) groups excluding carboxylic acids is 1. The lowest BCUT2D eigenvalue weighted by Crippen LogP contribution is -2.20. The summed E-state index contributed by atoms with van der Waals surface area (Å²) in [4.78, 5) is 12.1. The van der Waals surface area contributed by atoms with Crippen molar-refractivity contribution in [3.05, 3.63) is 60.0 Å². The fraction of sp³-hybridized carbons (Fsp3) is 0.167. The van der Waals surface area contributed by atoms with E-state index in [1.165, 1.54) is 0 Å². The van der Waals surface area contributed by atoms with Gasteiger partial charge in [0.25, 0.3) is 5.91 Å². The molecule has 6 heteroatoms. The Labute approximate surface area is 139 Å². The first kappa shape index (κ1) is 15.7. The molecular formula is C18H17N3O3. The van der Waals surface area contributed by atoms with Crippen LogP contribution in [0.2, 0.25) is 0 Å². The van der Waals surface area contributed by atoms with Crippen LogP contribution in [0.4, 0.5) is 5.69 Å². The summed E-state index contributed by atoms with van der Waals surface area (Å²) in [6.07, 6.45) is 0. The van der Waals surface area contributed by atoms with Crippen LogP contribution in [0.15, 0.2) is 52.9 Å². The Bertz CT molecular complexity index is 858. The minimum absolute atomic E-state index is 0.0608. The van der Waals surface area contributed by atoms with Gasteiger partial charge in [-0.3, -0.25) is 4.79 Å². The second-order valence-electron chi connectivity index (χ2n) is 5.31. The quantitative estimate of drug-likeness (QED) is 0.779. The van der Waals surface area contributed by atoms with Gasteiger partial charge in [-0.05, 0) is 36.8 Å². The van der Waals surface area contributed by atoms with Crippen LogP contribution in [0.1, 0.15) is 11.5 Å². The summed E-state index contributed by atoms with van der Waals surface area (Å²) < 4.78 is 10.9. The molecule has 0 unspecified atom stereocenters. The smallest absolute Gasteiger partial charge is 0.262 e. The lowest BCUT2D eigenvalue weighted by Gasteiger charge is -2.09. The second-order valence-corrected chi connectivity index (χ2v) is 5.31. The third kappa shape index (κ3) is 3.78. The monoisotopic (exact) mass is 323 g/mol. The second kappa shape index (κ2) is 6.95. The summed E-state index contributed by atoms with van der Waals surface area (Å²) in [5, 5.41) is 10.6. The summed E-state index contributed by atoms with van der Waals surface area (Å²) in [5.74, 6) is 1.37. The summed E-state index contributed by atoms with van der Waals surface area (Å²) >= 11 is 0. The van der Waals surface area contributed by atoms with E-state index in [1.807, 2.05) is 43.3 Å². The molecule has 0 atom stereocenters. The molecule has 2 aromatic carbocycles. The zero-order valence-electron chi connectivity index (χ0n) is 13.4. The number of hydrogen-bond acceptors (Lipinski definition) is 5. The number of nitrogens with one attached hydrogen (secondary N) is 1. The van der Waals surface area contributed by atoms with Crippen molar-refractivity contribution in [2.45, 2.75) is 13.8 Å². The van der Waals surface area contributed by atoms with Crippen molar-refractivity contribution in [3.8, 4) is 17.2 Å². The van der Waals surface area contributed by atoms with Crippen LogP contribution in [0.3, 0.4) is 0 Å². The lowest BCUT2D eigenvalue weighted by molar-refractivity contribution is -0.118. The van der Waals surface area contributed by atoms with E-state index in [0.29, 0.717) is 23.2 Å². The van der Waals surface area contributed by atoms with Gasteiger partial charge in [0.05, 0.1) is 0 Å². The van der Waals surface area contributed by atoms with Crippen LogP contribution in [-0.4, -0.2) is 22.7 Å². The maximum atomic E-state index is 12.1. The molecule has 122 valence electrons. The summed E-state index contributed by atoms with van der Waals surface area (Å²) in [7, 11) is 0. The van der Waals surface area contributed by atoms with Gasteiger partial charge in [-0.1, -0.05) is 24.3 Å². The van der Waals surface area contributed by atoms with Gasteiger partial charge >= 0.3 is 0 Å². The molecule has 0 saturated carbocycles. The van der Waals surface area contributed by atoms with Gasteiger partial charge in [-0.15, -0.1) is 10.2 Å². The fourth-order valence-electron chi connectivity index (χ4n) is 2.20. The number of aromatic nitrogens is 2. The molecule has 1 amide bonds. The number of carbonyl (C=O) groups is 1. The SMILES string of the molecule is Cc1nnc(-c2cccc(NC(=O)COc3ccccc3C)c2)o1. The summed E-state index contributed by atoms with van der Waals surface area (Å²) in [6.45, 7) is 3.60. The van der Waals surface area contributed by atoms with Gasteiger partial charge in [0.2, 0.25) is 11.8 Å². The maximum absolute atomic E-state index is 12.1. The van der Waals surface area contributed by atoms with Crippen LogP contribution in [0.5, 0.6) is 5.75 Å². The minimum Gasteiger partial charge on any atom is -0.483 e. The van der Waals surface area contributed by atoms with Gasteiger partial charge in [0.15, 0.2) is 6.61 Å². The molecule has 0 bridgehead atoms. The topological polar surface area (TPSA) is 77.2 Å². The Morgan fingerprint density at radius 3 is 2.71 bits per heavy atom. The van der Waals surface area contributed by atoms with E-state index in [1.54, 1.807) is 19.1 Å². The Balaban J connectivity index is 1.63. The molecule has 0 aliphatic carbocycles. The van der Waals surface area contributed by atoms with Crippen molar-refractivity contribution in [3.63, 3.8) is 0 Å². The van der Waals surface area contributed by atoms with E-state index in [2.05, 4.69) is 15.5 Å². The molecule has 3 aromatic rings. The van der Waals surface area contributed by atoms with E-state index < -0.39 is 0 Å². The van der Waals surface area contributed by atoms with Gasteiger partial charge in [0.1, 0.15) is 5.75 Å². The van der Waals surface area contributed by atoms with Gasteiger partial charge in [-0.25, -0.2) is 0 Å². The zero-order valence-corrected chi connectivity index (χ0v) is 13.4. The predicted molar refractivity (Wildman–Crippen MR) is 89.8 cm³/mol. The summed E-state index contributed by atoms with van der Waals surface area (Å²) in [5.41, 5.74) is 2.37. The molecule has 1 N–H and O–H groups in total. The Hall–Kier alpha value is -3.15. The highest BCUT2D eigenvalue weighted by atomic mass is 16.5. The van der Waals surface area contributed by atoms with Crippen LogP contribution in [0, 0.1) is 13.8 Å². The van der Waals surface area contributed by atoms with E-state index in [0.717, 1.165) is 11.1 Å². The maximum Gasteiger partial charge on any atom is 0.262 e. The third-order valence-electron chi connectivity index (χ3n) is 3.37. The van der Waals surface area contributed by atoms with Crippen molar-refractivity contribution in [1.82, 2.24) is 10.2 Å². The minimum atomic E-state index is -0.239. The average Bonchev–Trinajstić information content (AvgIpc) is 3.01. The third-order valence-corrected chi connectivity index (χ3v) is 3.37. The van der Waals surface area contributed by atoms with Crippen LogP contribution >= 0.6 is 0 Å². The van der Waals surface area contributed by atoms with Gasteiger partial charge in [0, 0.05) is 18.2 Å². The number of amides is 1. The Kier molecular flexibility index (Phi) is 4.56. The van der Waals surface area contributed by atoms with Crippen molar-refractivity contribution in [2.75, 3.05) is 11.9 Å². The number of para-hydroxylation sites is 1. The Morgan fingerprint density at radius 2 is 1.96 bits per heavy atom. The molecule has 0 aliphatic heterocycles. The van der Waals surface area contributed by atoms with Crippen LogP contribution in [-0.2, 0) is 4.79 Å². The highest BCUT2D eigenvalue weighted by Crippen LogP contribution is 2.21. The molecule has 24 heavy (non-hydrogen) atoms. The number of hydrogen-bond donors (Lipinski definition) is 1. The van der Waals surface area contributed by atoms with Gasteiger partial charge in [-0.2, -0.15) is 0 Å².